The van der Waals surface area contributed by atoms with Crippen LogP contribution in [0.1, 0.15) is 37.3 Å². The minimum atomic E-state index is -0.717. The molecule has 1 heterocycles. The Bertz CT molecular complexity index is 839. The first kappa shape index (κ1) is 17.7. The van der Waals surface area contributed by atoms with Crippen molar-refractivity contribution in [1.82, 2.24) is 4.90 Å². The number of benzene rings is 2. The molecule has 25 heavy (non-hydrogen) atoms. The minimum absolute atomic E-state index is 0.00976. The fourth-order valence-electron chi connectivity index (χ4n) is 3.36. The molecule has 0 saturated carbocycles. The van der Waals surface area contributed by atoms with E-state index in [1.165, 1.54) is 0 Å². The second-order valence-corrected chi connectivity index (χ2v) is 7.80. The lowest BCUT2D eigenvalue weighted by Gasteiger charge is -2.42. The van der Waals surface area contributed by atoms with Crippen LogP contribution in [0.4, 0.5) is 0 Å². The Labute approximate surface area is 153 Å². The average molecular weight is 356 g/mol. The summed E-state index contributed by atoms with van der Waals surface area (Å²) in [5.74, 6) is -0.854. The summed E-state index contributed by atoms with van der Waals surface area (Å²) in [6, 6.07) is 13.5. The van der Waals surface area contributed by atoms with E-state index in [2.05, 4.69) is 0 Å². The molecule has 3 rings (SSSR count). The zero-order valence-corrected chi connectivity index (χ0v) is 15.7. The quantitative estimate of drug-likeness (QED) is 0.738. The van der Waals surface area contributed by atoms with Crippen LogP contribution in [0.25, 0.3) is 11.1 Å². The van der Waals surface area contributed by atoms with Gasteiger partial charge in [-0.3, -0.25) is 9.59 Å². The summed E-state index contributed by atoms with van der Waals surface area (Å²) in [7, 11) is 1.78. The molecule has 2 aromatic rings. The fraction of sp³-hybridized carbons (Fsp3) is 0.333. The Morgan fingerprint density at radius 2 is 1.64 bits per heavy atom. The zero-order valence-electron chi connectivity index (χ0n) is 15.0. The number of amides is 1. The van der Waals surface area contributed by atoms with E-state index in [9.17, 15) is 9.59 Å². The molecule has 0 bridgehead atoms. The van der Waals surface area contributed by atoms with Crippen molar-refractivity contribution in [2.24, 2.45) is 0 Å². The number of likely N-dealkylation sites (N-methyl/N-ethyl adjacent to an activating group) is 1. The topological polar surface area (TPSA) is 37.4 Å². The van der Waals surface area contributed by atoms with Crippen LogP contribution < -0.4 is 0 Å². The minimum Gasteiger partial charge on any atom is -0.339 e. The van der Waals surface area contributed by atoms with Crippen molar-refractivity contribution in [2.45, 2.75) is 38.6 Å². The highest BCUT2D eigenvalue weighted by molar-refractivity contribution is 6.30. The molecule has 0 aliphatic carbocycles. The van der Waals surface area contributed by atoms with E-state index >= 15 is 0 Å². The lowest BCUT2D eigenvalue weighted by atomic mass is 9.78. The summed E-state index contributed by atoms with van der Waals surface area (Å²) >= 11 is 5.96. The van der Waals surface area contributed by atoms with Crippen LogP contribution in [0.2, 0.25) is 5.02 Å². The SMILES string of the molecule is Cc1ccc(-c2ccc(Cl)cc2)cc1C1C(=O)CC(C)(C)N(C)C1=O. The predicted octanol–water partition coefficient (Wildman–Crippen LogP) is 4.61. The van der Waals surface area contributed by atoms with Gasteiger partial charge in [0.05, 0.1) is 0 Å². The summed E-state index contributed by atoms with van der Waals surface area (Å²) in [5, 5.41) is 0.678. The number of halogens is 1. The fourth-order valence-corrected chi connectivity index (χ4v) is 3.48. The summed E-state index contributed by atoms with van der Waals surface area (Å²) in [6.45, 7) is 5.80. The van der Waals surface area contributed by atoms with Gasteiger partial charge in [0.25, 0.3) is 0 Å². The summed E-state index contributed by atoms with van der Waals surface area (Å²) < 4.78 is 0. The van der Waals surface area contributed by atoms with Crippen LogP contribution in [-0.4, -0.2) is 29.2 Å². The number of carbonyl (C=O) groups is 2. The van der Waals surface area contributed by atoms with Crippen molar-refractivity contribution in [1.29, 1.82) is 0 Å². The molecule has 0 radical (unpaired) electrons. The number of carbonyl (C=O) groups excluding carboxylic acids is 2. The highest BCUT2D eigenvalue weighted by Gasteiger charge is 2.44. The van der Waals surface area contributed by atoms with Gasteiger partial charge in [0.1, 0.15) is 5.92 Å². The number of rotatable bonds is 2. The van der Waals surface area contributed by atoms with Crippen molar-refractivity contribution >= 4 is 23.3 Å². The summed E-state index contributed by atoms with van der Waals surface area (Å²) in [4.78, 5) is 27.3. The first-order valence-electron chi connectivity index (χ1n) is 8.37. The highest BCUT2D eigenvalue weighted by Crippen LogP contribution is 2.36. The Morgan fingerprint density at radius 1 is 1.04 bits per heavy atom. The second kappa shape index (κ2) is 6.30. The molecule has 3 nitrogen and oxygen atoms in total. The largest absolute Gasteiger partial charge is 0.339 e. The number of piperidine rings is 1. The molecular weight excluding hydrogens is 334 g/mol. The first-order chi connectivity index (χ1) is 11.7. The van der Waals surface area contributed by atoms with Crippen molar-refractivity contribution in [3.63, 3.8) is 0 Å². The van der Waals surface area contributed by atoms with Gasteiger partial charge in [-0.15, -0.1) is 0 Å². The smallest absolute Gasteiger partial charge is 0.237 e. The van der Waals surface area contributed by atoms with E-state index in [1.54, 1.807) is 11.9 Å². The Morgan fingerprint density at radius 3 is 2.28 bits per heavy atom. The number of hydrogen-bond donors (Lipinski definition) is 0. The van der Waals surface area contributed by atoms with Crippen LogP contribution in [0.3, 0.4) is 0 Å². The third-order valence-corrected chi connectivity index (χ3v) is 5.43. The third-order valence-electron chi connectivity index (χ3n) is 5.18. The molecule has 130 valence electrons. The van der Waals surface area contributed by atoms with E-state index in [0.717, 1.165) is 22.3 Å². The molecule has 1 aliphatic heterocycles. The van der Waals surface area contributed by atoms with Gasteiger partial charge in [-0.2, -0.15) is 0 Å². The Kier molecular flexibility index (Phi) is 4.46. The molecule has 1 fully saturated rings. The Balaban J connectivity index is 2.05. The maximum absolute atomic E-state index is 12.9. The number of Topliss-reactive ketones (excluding diaryl/α,β-unsaturated/α-hetero) is 1. The van der Waals surface area contributed by atoms with Crippen molar-refractivity contribution in [3.05, 3.63) is 58.6 Å². The summed E-state index contributed by atoms with van der Waals surface area (Å²) in [5.41, 5.74) is 3.30. The van der Waals surface area contributed by atoms with Crippen LogP contribution in [0.5, 0.6) is 0 Å². The molecule has 2 aromatic carbocycles. The van der Waals surface area contributed by atoms with E-state index in [4.69, 9.17) is 11.6 Å². The van der Waals surface area contributed by atoms with Gasteiger partial charge in [-0.1, -0.05) is 35.9 Å². The standard InChI is InChI=1S/C21H22ClNO2/c1-13-5-6-15(14-7-9-16(22)10-8-14)11-17(13)19-18(24)12-21(2,3)23(4)20(19)25/h5-11,19H,12H2,1-4H3. The molecule has 0 spiro atoms. The molecule has 1 aliphatic rings. The number of aryl methyl sites for hydroxylation is 1. The van der Waals surface area contributed by atoms with E-state index < -0.39 is 11.5 Å². The molecule has 0 aromatic heterocycles. The van der Waals surface area contributed by atoms with Crippen molar-refractivity contribution in [3.8, 4) is 11.1 Å². The first-order valence-corrected chi connectivity index (χ1v) is 8.75. The van der Waals surface area contributed by atoms with Crippen LogP contribution in [-0.2, 0) is 9.59 Å². The van der Waals surface area contributed by atoms with E-state index in [-0.39, 0.29) is 11.7 Å². The van der Waals surface area contributed by atoms with Gasteiger partial charge in [-0.25, -0.2) is 0 Å². The van der Waals surface area contributed by atoms with Gasteiger partial charge in [0.15, 0.2) is 5.78 Å². The Hall–Kier alpha value is -2.13. The van der Waals surface area contributed by atoms with Gasteiger partial charge >= 0.3 is 0 Å². The lowest BCUT2D eigenvalue weighted by Crippen LogP contribution is -2.54. The molecule has 0 N–H and O–H groups in total. The van der Waals surface area contributed by atoms with Gasteiger partial charge in [0, 0.05) is 24.0 Å². The van der Waals surface area contributed by atoms with E-state index in [0.29, 0.717) is 11.4 Å². The van der Waals surface area contributed by atoms with E-state index in [1.807, 2.05) is 63.2 Å². The zero-order chi connectivity index (χ0) is 18.4. The molecule has 1 unspecified atom stereocenters. The number of likely N-dealkylation sites (tertiary alicyclic amines) is 1. The summed E-state index contributed by atoms with van der Waals surface area (Å²) in [6.07, 6.45) is 0.366. The molecule has 4 heteroatoms. The number of hydrogen-bond acceptors (Lipinski definition) is 2. The maximum atomic E-state index is 12.9. The molecule has 1 saturated heterocycles. The van der Waals surface area contributed by atoms with Crippen LogP contribution in [0, 0.1) is 6.92 Å². The highest BCUT2D eigenvalue weighted by atomic mass is 35.5. The molecule has 1 amide bonds. The average Bonchev–Trinajstić information content (AvgIpc) is 2.55. The van der Waals surface area contributed by atoms with Crippen LogP contribution in [0.15, 0.2) is 42.5 Å². The normalized spacial score (nSPS) is 20.0. The monoisotopic (exact) mass is 355 g/mol. The second-order valence-electron chi connectivity index (χ2n) is 7.36. The lowest BCUT2D eigenvalue weighted by molar-refractivity contribution is -0.147. The molecule has 1 atom stereocenters. The van der Waals surface area contributed by atoms with Crippen molar-refractivity contribution < 1.29 is 9.59 Å². The van der Waals surface area contributed by atoms with Crippen molar-refractivity contribution in [2.75, 3.05) is 7.05 Å². The van der Waals surface area contributed by atoms with Gasteiger partial charge in [-0.05, 0) is 61.2 Å². The third kappa shape index (κ3) is 3.21. The molecular formula is C21H22ClNO2. The maximum Gasteiger partial charge on any atom is 0.237 e. The van der Waals surface area contributed by atoms with Gasteiger partial charge < -0.3 is 4.90 Å². The van der Waals surface area contributed by atoms with Crippen LogP contribution >= 0.6 is 11.6 Å². The number of ketones is 1. The predicted molar refractivity (Wildman–Crippen MR) is 101 cm³/mol. The van der Waals surface area contributed by atoms with Gasteiger partial charge in [0.2, 0.25) is 5.91 Å². The number of nitrogens with zero attached hydrogens (tertiary/aromatic N) is 1.